The third-order valence-electron chi connectivity index (χ3n) is 2.32. The Hall–Kier alpha value is -1.63. The first-order chi connectivity index (χ1) is 8.37. The molecular formula is C11H15F3N2O2. The van der Waals surface area contributed by atoms with E-state index >= 15 is 0 Å². The van der Waals surface area contributed by atoms with E-state index in [-0.39, 0.29) is 17.9 Å². The minimum absolute atomic E-state index is 0.156. The number of hydrogen-bond acceptors (Lipinski definition) is 4. The number of anilines is 2. The molecular weight excluding hydrogens is 249 g/mol. The number of alkyl halides is 3. The molecule has 18 heavy (non-hydrogen) atoms. The molecule has 0 radical (unpaired) electrons. The largest absolute Gasteiger partial charge is 0.497 e. The Balaban J connectivity index is 3.04. The molecule has 7 heteroatoms. The van der Waals surface area contributed by atoms with Crippen LogP contribution in [0.2, 0.25) is 0 Å². The average Bonchev–Trinajstić information content (AvgIpc) is 2.27. The second-order valence-electron chi connectivity index (χ2n) is 3.69. The average molecular weight is 264 g/mol. The van der Waals surface area contributed by atoms with Gasteiger partial charge in [0, 0.05) is 12.6 Å². The van der Waals surface area contributed by atoms with Crippen molar-refractivity contribution in [3.8, 4) is 5.75 Å². The van der Waals surface area contributed by atoms with E-state index in [1.807, 2.05) is 0 Å². The molecule has 1 rings (SSSR count). The molecule has 3 N–H and O–H groups in total. The summed E-state index contributed by atoms with van der Waals surface area (Å²) in [7, 11) is 1.41. The zero-order valence-corrected chi connectivity index (χ0v) is 9.87. The van der Waals surface area contributed by atoms with E-state index in [1.54, 1.807) is 6.07 Å². The van der Waals surface area contributed by atoms with Crippen molar-refractivity contribution in [2.45, 2.75) is 6.18 Å². The number of aliphatic hydroxyl groups excluding tert-OH is 1. The monoisotopic (exact) mass is 264 g/mol. The highest BCUT2D eigenvalue weighted by Gasteiger charge is 2.31. The van der Waals surface area contributed by atoms with Crippen molar-refractivity contribution in [3.05, 3.63) is 18.2 Å². The van der Waals surface area contributed by atoms with Crippen LogP contribution in [0.25, 0.3) is 0 Å². The van der Waals surface area contributed by atoms with Gasteiger partial charge >= 0.3 is 6.18 Å². The minimum atomic E-state index is -4.37. The first-order valence-corrected chi connectivity index (χ1v) is 5.23. The predicted octanol–water partition coefficient (Wildman–Crippen LogP) is 1.64. The molecule has 0 spiro atoms. The third kappa shape index (κ3) is 3.99. The molecule has 0 heterocycles. The van der Waals surface area contributed by atoms with Gasteiger partial charge in [-0.2, -0.15) is 13.2 Å². The highest BCUT2D eigenvalue weighted by atomic mass is 19.4. The number of benzene rings is 1. The molecule has 0 fully saturated rings. The Morgan fingerprint density at radius 3 is 2.56 bits per heavy atom. The first kappa shape index (κ1) is 14.4. The summed E-state index contributed by atoms with van der Waals surface area (Å²) in [6, 6.07) is 4.44. The third-order valence-corrected chi connectivity index (χ3v) is 2.32. The van der Waals surface area contributed by atoms with Gasteiger partial charge in [-0.05, 0) is 12.1 Å². The predicted molar refractivity (Wildman–Crippen MR) is 62.8 cm³/mol. The smallest absolute Gasteiger partial charge is 0.405 e. The van der Waals surface area contributed by atoms with Gasteiger partial charge in [0.05, 0.1) is 25.1 Å². The Labute approximate surface area is 103 Å². The molecule has 0 aliphatic carbocycles. The van der Waals surface area contributed by atoms with Gasteiger partial charge in [-0.25, -0.2) is 0 Å². The van der Waals surface area contributed by atoms with Crippen molar-refractivity contribution in [3.63, 3.8) is 0 Å². The molecule has 1 aromatic carbocycles. The highest BCUT2D eigenvalue weighted by molar-refractivity contribution is 5.69. The molecule has 0 unspecified atom stereocenters. The molecule has 102 valence electrons. The lowest BCUT2D eigenvalue weighted by Crippen LogP contribution is -2.36. The Kier molecular flexibility index (Phi) is 4.66. The van der Waals surface area contributed by atoms with Gasteiger partial charge < -0.3 is 20.5 Å². The Bertz CT molecular complexity index is 396. The van der Waals surface area contributed by atoms with E-state index in [0.717, 1.165) is 4.90 Å². The fraction of sp³-hybridized carbons (Fsp3) is 0.455. The fourth-order valence-corrected chi connectivity index (χ4v) is 1.55. The number of nitrogens with two attached hydrogens (primary N) is 1. The number of hydrogen-bond donors (Lipinski definition) is 2. The van der Waals surface area contributed by atoms with Crippen molar-refractivity contribution < 1.29 is 23.0 Å². The van der Waals surface area contributed by atoms with E-state index in [2.05, 4.69) is 0 Å². The van der Waals surface area contributed by atoms with Crippen LogP contribution in [0.3, 0.4) is 0 Å². The molecule has 1 aromatic rings. The summed E-state index contributed by atoms with van der Waals surface area (Å²) in [5.74, 6) is 0.407. The van der Waals surface area contributed by atoms with Crippen LogP contribution in [0.15, 0.2) is 18.2 Å². The summed E-state index contributed by atoms with van der Waals surface area (Å²) in [5.41, 5.74) is 6.05. The Morgan fingerprint density at radius 1 is 1.39 bits per heavy atom. The molecule has 0 atom stereocenters. The molecule has 0 aliphatic heterocycles. The summed E-state index contributed by atoms with van der Waals surface area (Å²) >= 11 is 0. The minimum Gasteiger partial charge on any atom is -0.497 e. The van der Waals surface area contributed by atoms with E-state index in [0.29, 0.717) is 5.75 Å². The summed E-state index contributed by atoms with van der Waals surface area (Å²) in [6.45, 7) is -1.73. The van der Waals surface area contributed by atoms with Gasteiger partial charge in [-0.1, -0.05) is 0 Å². The van der Waals surface area contributed by atoms with Crippen LogP contribution >= 0.6 is 0 Å². The van der Waals surface area contributed by atoms with E-state index in [4.69, 9.17) is 15.6 Å². The lowest BCUT2D eigenvalue weighted by atomic mass is 10.2. The molecule has 0 aromatic heterocycles. The van der Waals surface area contributed by atoms with Crippen molar-refractivity contribution in [2.24, 2.45) is 0 Å². The van der Waals surface area contributed by atoms with Crippen LogP contribution in [0, 0.1) is 0 Å². The van der Waals surface area contributed by atoms with Crippen molar-refractivity contribution >= 4 is 11.4 Å². The van der Waals surface area contributed by atoms with E-state index in [9.17, 15) is 13.2 Å². The maximum Gasteiger partial charge on any atom is 0.405 e. The zero-order valence-electron chi connectivity index (χ0n) is 9.87. The van der Waals surface area contributed by atoms with E-state index in [1.165, 1.54) is 19.2 Å². The summed E-state index contributed by atoms with van der Waals surface area (Å²) in [6.07, 6.45) is -4.37. The van der Waals surface area contributed by atoms with Crippen LogP contribution in [0.4, 0.5) is 24.5 Å². The maximum atomic E-state index is 12.4. The molecule has 0 aliphatic rings. The zero-order chi connectivity index (χ0) is 13.8. The number of halogens is 3. The summed E-state index contributed by atoms with van der Waals surface area (Å²) < 4.78 is 42.2. The second-order valence-corrected chi connectivity index (χ2v) is 3.69. The quantitative estimate of drug-likeness (QED) is 0.794. The molecule has 4 nitrogen and oxygen atoms in total. The summed E-state index contributed by atoms with van der Waals surface area (Å²) in [5, 5.41) is 8.83. The maximum absolute atomic E-state index is 12.4. The van der Waals surface area contributed by atoms with Gasteiger partial charge in [-0.15, -0.1) is 0 Å². The lowest BCUT2D eigenvalue weighted by Gasteiger charge is -2.26. The molecule has 0 saturated carbocycles. The van der Waals surface area contributed by atoms with Gasteiger partial charge in [0.15, 0.2) is 0 Å². The van der Waals surface area contributed by atoms with Crippen LogP contribution in [0.5, 0.6) is 5.75 Å². The molecule has 0 bridgehead atoms. The number of aliphatic hydroxyl groups is 1. The van der Waals surface area contributed by atoms with Crippen LogP contribution in [-0.4, -0.2) is 38.1 Å². The fourth-order valence-electron chi connectivity index (χ4n) is 1.55. The number of nitrogen functional groups attached to an aromatic ring is 1. The SMILES string of the molecule is COc1ccc(N)c(N(CCO)CC(F)(F)F)c1. The van der Waals surface area contributed by atoms with Crippen LogP contribution in [-0.2, 0) is 0 Å². The standard InChI is InChI=1S/C11H15F3N2O2/c1-18-8-2-3-9(15)10(6-8)16(4-5-17)7-11(12,13)14/h2-3,6,17H,4-5,7,15H2,1H3. The lowest BCUT2D eigenvalue weighted by molar-refractivity contribution is -0.119. The molecule has 0 saturated heterocycles. The Morgan fingerprint density at radius 2 is 2.06 bits per heavy atom. The van der Waals surface area contributed by atoms with Crippen molar-refractivity contribution in [1.82, 2.24) is 0 Å². The number of rotatable bonds is 5. The molecule has 0 amide bonds. The number of nitrogens with zero attached hydrogens (tertiary/aromatic N) is 1. The summed E-state index contributed by atoms with van der Waals surface area (Å²) in [4.78, 5) is 0.970. The first-order valence-electron chi connectivity index (χ1n) is 5.23. The van der Waals surface area contributed by atoms with Crippen LogP contribution < -0.4 is 15.4 Å². The highest BCUT2D eigenvalue weighted by Crippen LogP contribution is 2.30. The van der Waals surface area contributed by atoms with Crippen LogP contribution in [0.1, 0.15) is 0 Å². The van der Waals surface area contributed by atoms with Crippen molar-refractivity contribution in [1.29, 1.82) is 0 Å². The van der Waals surface area contributed by atoms with Crippen molar-refractivity contribution in [2.75, 3.05) is 37.4 Å². The number of methoxy groups -OCH3 is 1. The van der Waals surface area contributed by atoms with Gasteiger partial charge in [0.1, 0.15) is 12.3 Å². The normalized spacial score (nSPS) is 11.4. The van der Waals surface area contributed by atoms with E-state index < -0.39 is 19.3 Å². The van der Waals surface area contributed by atoms with Gasteiger partial charge in [0.2, 0.25) is 0 Å². The van der Waals surface area contributed by atoms with Gasteiger partial charge in [-0.3, -0.25) is 0 Å². The topological polar surface area (TPSA) is 58.7 Å². The van der Waals surface area contributed by atoms with Gasteiger partial charge in [0.25, 0.3) is 0 Å². The second kappa shape index (κ2) is 5.81. The number of ether oxygens (including phenoxy) is 1.